The summed E-state index contributed by atoms with van der Waals surface area (Å²) in [5.74, 6) is -0.290. The Balaban J connectivity index is 1.40. The Kier molecular flexibility index (Phi) is 4.24. The number of hydrogen-bond donors (Lipinski definition) is 2. The van der Waals surface area contributed by atoms with Gasteiger partial charge in [0.2, 0.25) is 0 Å². The number of hydrogen-bond acceptors (Lipinski definition) is 3. The maximum Gasteiger partial charge on any atom is 0.265 e. The molecule has 2 aliphatic rings. The Morgan fingerprint density at radius 1 is 0.893 bits per heavy atom. The van der Waals surface area contributed by atoms with E-state index in [4.69, 9.17) is 0 Å². The van der Waals surface area contributed by atoms with E-state index in [9.17, 15) is 9.59 Å². The van der Waals surface area contributed by atoms with E-state index in [1.165, 1.54) is 32.9 Å². The predicted octanol–water partition coefficient (Wildman–Crippen LogP) is 4.66. The molecule has 3 aromatic rings. The summed E-state index contributed by atoms with van der Waals surface area (Å²) in [6.07, 6.45) is 4.02. The molecule has 0 unspecified atom stereocenters. The Labute approximate surface area is 167 Å². The van der Waals surface area contributed by atoms with Crippen molar-refractivity contribution in [3.63, 3.8) is 0 Å². The predicted molar refractivity (Wildman–Crippen MR) is 112 cm³/mol. The molecule has 5 heteroatoms. The van der Waals surface area contributed by atoms with Gasteiger partial charge in [-0.05, 0) is 60.6 Å². The van der Waals surface area contributed by atoms with E-state index in [0.29, 0.717) is 16.1 Å². The zero-order chi connectivity index (χ0) is 19.1. The van der Waals surface area contributed by atoms with E-state index in [2.05, 4.69) is 28.8 Å². The number of benzene rings is 2. The van der Waals surface area contributed by atoms with Crippen molar-refractivity contribution in [3.8, 4) is 10.4 Å². The number of fused-ring (bicyclic) bond motifs is 3. The smallest absolute Gasteiger partial charge is 0.265 e. The van der Waals surface area contributed by atoms with Crippen molar-refractivity contribution >= 4 is 28.8 Å². The first-order valence-corrected chi connectivity index (χ1v) is 10.4. The molecule has 2 amide bonds. The molecule has 0 saturated heterocycles. The second-order valence-electron chi connectivity index (χ2n) is 7.37. The van der Waals surface area contributed by atoms with Crippen molar-refractivity contribution in [2.24, 2.45) is 0 Å². The van der Waals surface area contributed by atoms with E-state index in [0.717, 1.165) is 25.7 Å². The molecule has 2 N–H and O–H groups in total. The van der Waals surface area contributed by atoms with E-state index in [1.54, 1.807) is 12.1 Å². The second kappa shape index (κ2) is 6.91. The van der Waals surface area contributed by atoms with Crippen LogP contribution in [0.1, 0.15) is 44.0 Å². The van der Waals surface area contributed by atoms with Crippen molar-refractivity contribution in [1.29, 1.82) is 0 Å². The van der Waals surface area contributed by atoms with Gasteiger partial charge in [0.1, 0.15) is 0 Å². The quantitative estimate of drug-likeness (QED) is 0.683. The van der Waals surface area contributed by atoms with Gasteiger partial charge in [-0.1, -0.05) is 36.4 Å². The number of carbonyl (C=O) groups excluding carboxylic acids is 2. The molecule has 2 aromatic carbocycles. The summed E-state index contributed by atoms with van der Waals surface area (Å²) >= 11 is 1.53. The van der Waals surface area contributed by atoms with Crippen LogP contribution >= 0.6 is 11.3 Å². The van der Waals surface area contributed by atoms with E-state index >= 15 is 0 Å². The SMILES string of the molecule is O=C(Nc1ccccc1C(=O)NC1CC1)c1cc2c(s1)-c1ccccc1CC2. The minimum Gasteiger partial charge on any atom is -0.349 e. The van der Waals surface area contributed by atoms with Crippen molar-refractivity contribution in [2.75, 3.05) is 5.32 Å². The summed E-state index contributed by atoms with van der Waals surface area (Å²) in [6, 6.07) is 17.9. The zero-order valence-corrected chi connectivity index (χ0v) is 16.1. The normalized spacial score (nSPS) is 14.7. The molecule has 140 valence electrons. The lowest BCUT2D eigenvalue weighted by atomic mass is 9.91. The highest BCUT2D eigenvalue weighted by molar-refractivity contribution is 7.17. The molecule has 1 heterocycles. The van der Waals surface area contributed by atoms with E-state index in [1.807, 2.05) is 24.3 Å². The van der Waals surface area contributed by atoms with Gasteiger partial charge in [0.25, 0.3) is 11.8 Å². The van der Waals surface area contributed by atoms with E-state index < -0.39 is 0 Å². The van der Waals surface area contributed by atoms with Gasteiger partial charge >= 0.3 is 0 Å². The van der Waals surface area contributed by atoms with Crippen LogP contribution in [-0.4, -0.2) is 17.9 Å². The van der Waals surface area contributed by atoms with Crippen LogP contribution in [0.4, 0.5) is 5.69 Å². The molecule has 0 spiro atoms. The molecule has 0 aliphatic heterocycles. The van der Waals surface area contributed by atoms with Crippen LogP contribution in [0, 0.1) is 0 Å². The molecule has 2 aliphatic carbocycles. The molecule has 0 radical (unpaired) electrons. The first kappa shape index (κ1) is 17.2. The third-order valence-electron chi connectivity index (χ3n) is 5.29. The topological polar surface area (TPSA) is 58.2 Å². The molecule has 28 heavy (non-hydrogen) atoms. The summed E-state index contributed by atoms with van der Waals surface area (Å²) in [5.41, 5.74) is 4.86. The first-order chi connectivity index (χ1) is 13.7. The summed E-state index contributed by atoms with van der Waals surface area (Å²) in [6.45, 7) is 0. The van der Waals surface area contributed by atoms with Crippen molar-refractivity contribution in [3.05, 3.63) is 76.2 Å². The largest absolute Gasteiger partial charge is 0.349 e. The summed E-state index contributed by atoms with van der Waals surface area (Å²) < 4.78 is 0. The standard InChI is InChI=1S/C23H20N2O2S/c26-22(24-16-11-12-16)18-7-3-4-8-19(18)25-23(27)20-13-15-10-9-14-5-1-2-6-17(14)21(15)28-20/h1-8,13,16H,9-12H2,(H,24,26)(H,25,27). The van der Waals surface area contributed by atoms with Crippen LogP contribution in [0.3, 0.4) is 0 Å². The monoisotopic (exact) mass is 388 g/mol. The van der Waals surface area contributed by atoms with Crippen molar-refractivity contribution in [2.45, 2.75) is 31.7 Å². The van der Waals surface area contributed by atoms with Crippen LogP contribution < -0.4 is 10.6 Å². The van der Waals surface area contributed by atoms with Crippen LogP contribution in [0.2, 0.25) is 0 Å². The molecule has 0 bridgehead atoms. The average molecular weight is 388 g/mol. The van der Waals surface area contributed by atoms with Gasteiger partial charge in [-0.3, -0.25) is 9.59 Å². The lowest BCUT2D eigenvalue weighted by molar-refractivity contribution is 0.0952. The lowest BCUT2D eigenvalue weighted by Gasteiger charge is -2.15. The van der Waals surface area contributed by atoms with Gasteiger partial charge in [0.15, 0.2) is 0 Å². The maximum atomic E-state index is 12.9. The average Bonchev–Trinajstić information content (AvgIpc) is 3.41. The fourth-order valence-corrected chi connectivity index (χ4v) is 4.81. The zero-order valence-electron chi connectivity index (χ0n) is 15.3. The Morgan fingerprint density at radius 2 is 1.64 bits per heavy atom. The number of para-hydroxylation sites is 1. The Hall–Kier alpha value is -2.92. The van der Waals surface area contributed by atoms with Crippen molar-refractivity contribution < 1.29 is 9.59 Å². The van der Waals surface area contributed by atoms with Gasteiger partial charge in [-0.25, -0.2) is 0 Å². The van der Waals surface area contributed by atoms with Gasteiger partial charge in [0, 0.05) is 10.9 Å². The van der Waals surface area contributed by atoms with Crippen LogP contribution in [-0.2, 0) is 12.8 Å². The number of thiophene rings is 1. The molecule has 1 fully saturated rings. The summed E-state index contributed by atoms with van der Waals surface area (Å²) in [5, 5.41) is 5.93. The molecule has 5 rings (SSSR count). The molecule has 1 aromatic heterocycles. The Bertz CT molecular complexity index is 1080. The maximum absolute atomic E-state index is 12.9. The molecule has 1 saturated carbocycles. The van der Waals surface area contributed by atoms with Crippen molar-refractivity contribution in [1.82, 2.24) is 5.32 Å². The molecule has 4 nitrogen and oxygen atoms in total. The number of aryl methyl sites for hydroxylation is 2. The molecular weight excluding hydrogens is 368 g/mol. The fraction of sp³-hybridized carbons (Fsp3) is 0.217. The number of nitrogens with one attached hydrogen (secondary N) is 2. The van der Waals surface area contributed by atoms with Gasteiger partial charge < -0.3 is 10.6 Å². The number of anilines is 1. The third kappa shape index (κ3) is 3.22. The Morgan fingerprint density at radius 3 is 2.50 bits per heavy atom. The fourth-order valence-electron chi connectivity index (χ4n) is 3.65. The summed E-state index contributed by atoms with van der Waals surface area (Å²) in [4.78, 5) is 27.3. The van der Waals surface area contributed by atoms with Gasteiger partial charge in [-0.15, -0.1) is 11.3 Å². The highest BCUT2D eigenvalue weighted by Gasteiger charge is 2.26. The van der Waals surface area contributed by atoms with E-state index in [-0.39, 0.29) is 17.9 Å². The first-order valence-electron chi connectivity index (χ1n) is 9.61. The number of rotatable bonds is 4. The van der Waals surface area contributed by atoms with Crippen LogP contribution in [0.5, 0.6) is 0 Å². The molecular formula is C23H20N2O2S. The second-order valence-corrected chi connectivity index (χ2v) is 8.42. The number of carbonyl (C=O) groups is 2. The highest BCUT2D eigenvalue weighted by atomic mass is 32.1. The minimum absolute atomic E-state index is 0.127. The van der Waals surface area contributed by atoms with Crippen LogP contribution in [0.25, 0.3) is 10.4 Å². The highest BCUT2D eigenvalue weighted by Crippen LogP contribution is 2.39. The van der Waals surface area contributed by atoms with Crippen LogP contribution in [0.15, 0.2) is 54.6 Å². The van der Waals surface area contributed by atoms with Gasteiger partial charge in [0.05, 0.1) is 16.1 Å². The lowest BCUT2D eigenvalue weighted by Crippen LogP contribution is -2.26. The third-order valence-corrected chi connectivity index (χ3v) is 6.50. The minimum atomic E-state index is -0.163. The molecule has 0 atom stereocenters. The number of amides is 2. The summed E-state index contributed by atoms with van der Waals surface area (Å²) in [7, 11) is 0. The van der Waals surface area contributed by atoms with Gasteiger partial charge in [-0.2, -0.15) is 0 Å².